The maximum atomic E-state index is 11.2. The van der Waals surface area contributed by atoms with Crippen molar-refractivity contribution in [3.8, 4) is 0 Å². The molecule has 2 nitrogen and oxygen atoms in total. The molecule has 2 unspecified atom stereocenters. The van der Waals surface area contributed by atoms with Crippen LogP contribution in [0.4, 0.5) is 0 Å². The van der Waals surface area contributed by atoms with Gasteiger partial charge in [-0.05, 0) is 36.5 Å². The molecule has 1 aliphatic rings. The van der Waals surface area contributed by atoms with Crippen molar-refractivity contribution in [2.24, 2.45) is 5.92 Å². The van der Waals surface area contributed by atoms with Gasteiger partial charge in [0.05, 0.1) is 5.92 Å². The fourth-order valence-electron chi connectivity index (χ4n) is 2.56. The molecule has 1 saturated carbocycles. The van der Waals surface area contributed by atoms with E-state index in [2.05, 4.69) is 0 Å². The average Bonchev–Trinajstić information content (AvgIpc) is 2.29. The molecule has 0 aromatic heterocycles. The Hall–Kier alpha value is -1.02. The third-order valence-corrected chi connectivity index (χ3v) is 3.60. The van der Waals surface area contributed by atoms with Crippen LogP contribution in [0.5, 0.6) is 0 Å². The van der Waals surface area contributed by atoms with Crippen LogP contribution in [0.1, 0.15) is 37.2 Å². The summed E-state index contributed by atoms with van der Waals surface area (Å²) in [5.74, 6) is -0.790. The summed E-state index contributed by atoms with van der Waals surface area (Å²) in [7, 11) is 0. The Balaban J connectivity index is 2.26. The summed E-state index contributed by atoms with van der Waals surface area (Å²) in [5, 5.41) is 9.89. The molecule has 0 bridgehead atoms. The number of aliphatic carboxylic acids is 1. The third-order valence-electron chi connectivity index (χ3n) is 3.36. The van der Waals surface area contributed by atoms with Gasteiger partial charge in [-0.3, -0.25) is 4.79 Å². The van der Waals surface area contributed by atoms with Gasteiger partial charge in [-0.25, -0.2) is 0 Å². The quantitative estimate of drug-likeness (QED) is 0.853. The highest BCUT2D eigenvalue weighted by molar-refractivity contribution is 6.30. The van der Waals surface area contributed by atoms with Gasteiger partial charge in [-0.15, -0.1) is 0 Å². The molecule has 16 heavy (non-hydrogen) atoms. The summed E-state index contributed by atoms with van der Waals surface area (Å²) in [4.78, 5) is 11.2. The van der Waals surface area contributed by atoms with Crippen LogP contribution in [0.2, 0.25) is 5.02 Å². The van der Waals surface area contributed by atoms with Crippen LogP contribution in [0.25, 0.3) is 0 Å². The summed E-state index contributed by atoms with van der Waals surface area (Å²) in [5.41, 5.74) is 1.07. The van der Waals surface area contributed by atoms with Gasteiger partial charge in [-0.2, -0.15) is 0 Å². The highest BCUT2D eigenvalue weighted by atomic mass is 35.5. The van der Waals surface area contributed by atoms with E-state index in [9.17, 15) is 9.90 Å². The van der Waals surface area contributed by atoms with Crippen LogP contribution in [0.15, 0.2) is 24.3 Å². The van der Waals surface area contributed by atoms with Gasteiger partial charge < -0.3 is 5.11 Å². The van der Waals surface area contributed by atoms with Crippen LogP contribution in [-0.2, 0) is 4.79 Å². The van der Waals surface area contributed by atoms with Crippen molar-refractivity contribution >= 4 is 17.6 Å². The minimum absolute atomic E-state index is 0.130. The molecule has 0 saturated heterocycles. The van der Waals surface area contributed by atoms with Crippen molar-refractivity contribution in [3.05, 3.63) is 34.9 Å². The Morgan fingerprint density at radius 3 is 2.75 bits per heavy atom. The van der Waals surface area contributed by atoms with E-state index < -0.39 is 5.97 Å². The molecule has 1 aromatic carbocycles. The normalized spacial score (nSPS) is 25.3. The summed E-state index contributed by atoms with van der Waals surface area (Å²) < 4.78 is 0. The highest BCUT2D eigenvalue weighted by Gasteiger charge is 2.31. The molecule has 0 aliphatic heterocycles. The first-order valence-corrected chi connectivity index (χ1v) is 6.04. The number of halogens is 1. The van der Waals surface area contributed by atoms with E-state index in [0.717, 1.165) is 31.2 Å². The van der Waals surface area contributed by atoms with Crippen molar-refractivity contribution in [2.45, 2.75) is 31.6 Å². The number of hydrogen-bond donors (Lipinski definition) is 1. The van der Waals surface area contributed by atoms with E-state index in [4.69, 9.17) is 11.6 Å². The van der Waals surface area contributed by atoms with Gasteiger partial charge in [-0.1, -0.05) is 36.6 Å². The van der Waals surface area contributed by atoms with Gasteiger partial charge in [0.25, 0.3) is 0 Å². The summed E-state index contributed by atoms with van der Waals surface area (Å²) in [6.07, 6.45) is 3.87. The monoisotopic (exact) mass is 238 g/mol. The predicted molar refractivity (Wildman–Crippen MR) is 63.8 cm³/mol. The van der Waals surface area contributed by atoms with Crippen molar-refractivity contribution in [1.29, 1.82) is 0 Å². The molecular weight excluding hydrogens is 224 g/mol. The Morgan fingerprint density at radius 2 is 2.06 bits per heavy atom. The number of benzene rings is 1. The lowest BCUT2D eigenvalue weighted by Gasteiger charge is -2.28. The molecule has 3 heteroatoms. The topological polar surface area (TPSA) is 37.3 Å². The molecule has 0 amide bonds. The zero-order valence-electron chi connectivity index (χ0n) is 9.03. The molecule has 0 heterocycles. The smallest absolute Gasteiger partial charge is 0.307 e. The number of hydrogen-bond acceptors (Lipinski definition) is 1. The molecule has 86 valence electrons. The molecule has 1 aliphatic carbocycles. The molecule has 2 atom stereocenters. The van der Waals surface area contributed by atoms with E-state index in [1.807, 2.05) is 24.3 Å². The van der Waals surface area contributed by atoms with Gasteiger partial charge >= 0.3 is 5.97 Å². The number of rotatable bonds is 2. The maximum Gasteiger partial charge on any atom is 0.307 e. The lowest BCUT2D eigenvalue weighted by molar-refractivity contribution is -0.143. The Kier molecular flexibility index (Phi) is 3.49. The van der Waals surface area contributed by atoms with E-state index in [1.54, 1.807) is 0 Å². The van der Waals surface area contributed by atoms with Gasteiger partial charge in [0.1, 0.15) is 0 Å². The summed E-state index contributed by atoms with van der Waals surface area (Å²) in [6.45, 7) is 0. The fourth-order valence-corrected chi connectivity index (χ4v) is 2.76. The molecule has 0 spiro atoms. The zero-order valence-corrected chi connectivity index (χ0v) is 9.78. The second kappa shape index (κ2) is 4.88. The lowest BCUT2D eigenvalue weighted by Crippen LogP contribution is -2.25. The number of carboxylic acid groups (broad SMARTS) is 1. The van der Waals surface area contributed by atoms with Crippen molar-refractivity contribution in [1.82, 2.24) is 0 Å². The van der Waals surface area contributed by atoms with E-state index in [1.165, 1.54) is 0 Å². The largest absolute Gasteiger partial charge is 0.481 e. The van der Waals surface area contributed by atoms with E-state index >= 15 is 0 Å². The van der Waals surface area contributed by atoms with Gasteiger partial charge in [0.15, 0.2) is 0 Å². The SMILES string of the molecule is O=C(O)C1CCCCC1c1cccc(Cl)c1. The first kappa shape index (κ1) is 11.5. The zero-order chi connectivity index (χ0) is 11.5. The molecule has 1 N–H and O–H groups in total. The molecular formula is C13H15ClO2. The Bertz CT molecular complexity index is 389. The molecule has 0 radical (unpaired) electrons. The van der Waals surface area contributed by atoms with Crippen molar-refractivity contribution < 1.29 is 9.90 Å². The number of carboxylic acids is 1. The Morgan fingerprint density at radius 1 is 1.31 bits per heavy atom. The Labute approximate surface area is 100 Å². The second-order valence-corrected chi connectivity index (χ2v) is 4.83. The molecule has 1 fully saturated rings. The van der Waals surface area contributed by atoms with Crippen LogP contribution in [0.3, 0.4) is 0 Å². The highest BCUT2D eigenvalue weighted by Crippen LogP contribution is 2.38. The molecule has 1 aromatic rings. The maximum absolute atomic E-state index is 11.2. The minimum Gasteiger partial charge on any atom is -0.481 e. The average molecular weight is 239 g/mol. The van der Waals surface area contributed by atoms with Gasteiger partial charge in [0.2, 0.25) is 0 Å². The lowest BCUT2D eigenvalue weighted by atomic mass is 9.75. The standard InChI is InChI=1S/C13H15ClO2/c14-10-5-3-4-9(8-10)11-6-1-2-7-12(11)13(15)16/h3-5,8,11-12H,1-2,6-7H2,(H,15,16). The predicted octanol–water partition coefficient (Wildman–Crippen LogP) is 3.70. The third kappa shape index (κ3) is 2.38. The number of carbonyl (C=O) groups is 1. The van der Waals surface area contributed by atoms with Crippen LogP contribution in [-0.4, -0.2) is 11.1 Å². The summed E-state index contributed by atoms with van der Waals surface area (Å²) >= 11 is 5.94. The first-order valence-electron chi connectivity index (χ1n) is 5.67. The van der Waals surface area contributed by atoms with Crippen molar-refractivity contribution in [3.63, 3.8) is 0 Å². The summed E-state index contributed by atoms with van der Waals surface area (Å²) in [6, 6.07) is 7.60. The van der Waals surface area contributed by atoms with Crippen LogP contribution < -0.4 is 0 Å². The van der Waals surface area contributed by atoms with Gasteiger partial charge in [0, 0.05) is 5.02 Å². The van der Waals surface area contributed by atoms with E-state index in [0.29, 0.717) is 5.02 Å². The fraction of sp³-hybridized carbons (Fsp3) is 0.462. The van der Waals surface area contributed by atoms with Crippen molar-refractivity contribution in [2.75, 3.05) is 0 Å². The van der Waals surface area contributed by atoms with E-state index in [-0.39, 0.29) is 11.8 Å². The van der Waals surface area contributed by atoms with Crippen LogP contribution >= 0.6 is 11.6 Å². The first-order chi connectivity index (χ1) is 7.68. The van der Waals surface area contributed by atoms with Crippen LogP contribution in [0, 0.1) is 5.92 Å². The minimum atomic E-state index is -0.676. The second-order valence-electron chi connectivity index (χ2n) is 4.39. The molecule has 2 rings (SSSR count).